The number of benzene rings is 2. The van der Waals surface area contributed by atoms with E-state index in [2.05, 4.69) is 4.74 Å². The summed E-state index contributed by atoms with van der Waals surface area (Å²) in [4.78, 5) is 38.7. The highest BCUT2D eigenvalue weighted by atomic mass is 35.5. The zero-order valence-electron chi connectivity index (χ0n) is 15.0. The van der Waals surface area contributed by atoms with Gasteiger partial charge in [0, 0.05) is 35.2 Å². The molecule has 1 heterocycles. The maximum absolute atomic E-state index is 12.8. The molecule has 0 N–H and O–H groups in total. The SMILES string of the molecule is COC(=O)c1ccc(C(=O)N2CCC[C@H](C(=O)c3ccc(Cl)cc3)C2)cc1. The van der Waals surface area contributed by atoms with Crippen molar-refractivity contribution in [3.63, 3.8) is 0 Å². The third kappa shape index (κ3) is 4.37. The molecule has 1 atom stereocenters. The number of rotatable bonds is 4. The summed E-state index contributed by atoms with van der Waals surface area (Å²) in [5.41, 5.74) is 1.49. The third-order valence-corrected chi connectivity index (χ3v) is 5.01. The van der Waals surface area contributed by atoms with E-state index in [0.717, 1.165) is 12.8 Å². The van der Waals surface area contributed by atoms with Crippen molar-refractivity contribution in [2.45, 2.75) is 12.8 Å². The van der Waals surface area contributed by atoms with E-state index in [1.54, 1.807) is 53.4 Å². The molecule has 2 aromatic rings. The van der Waals surface area contributed by atoms with Crippen LogP contribution in [0.5, 0.6) is 0 Å². The molecule has 1 aliphatic heterocycles. The second kappa shape index (κ2) is 8.35. The van der Waals surface area contributed by atoms with E-state index in [0.29, 0.717) is 34.8 Å². The van der Waals surface area contributed by atoms with Gasteiger partial charge < -0.3 is 9.64 Å². The van der Waals surface area contributed by atoms with Crippen molar-refractivity contribution in [3.8, 4) is 0 Å². The van der Waals surface area contributed by atoms with E-state index in [9.17, 15) is 14.4 Å². The van der Waals surface area contributed by atoms with Crippen LogP contribution in [0.1, 0.15) is 43.9 Å². The minimum Gasteiger partial charge on any atom is -0.465 e. The van der Waals surface area contributed by atoms with Gasteiger partial charge in [0.1, 0.15) is 0 Å². The van der Waals surface area contributed by atoms with Gasteiger partial charge in [-0.05, 0) is 61.4 Å². The van der Waals surface area contributed by atoms with Crippen molar-refractivity contribution in [1.29, 1.82) is 0 Å². The quantitative estimate of drug-likeness (QED) is 0.592. The molecular formula is C21H20ClNO4. The maximum Gasteiger partial charge on any atom is 0.337 e. The summed E-state index contributed by atoms with van der Waals surface area (Å²) in [6.07, 6.45) is 1.53. The van der Waals surface area contributed by atoms with E-state index in [-0.39, 0.29) is 17.6 Å². The number of piperidine rings is 1. The fourth-order valence-electron chi connectivity index (χ4n) is 3.27. The summed E-state index contributed by atoms with van der Waals surface area (Å²) in [5, 5.41) is 0.586. The molecule has 140 valence electrons. The second-order valence-electron chi connectivity index (χ2n) is 6.53. The number of ether oxygens (including phenoxy) is 1. The topological polar surface area (TPSA) is 63.7 Å². The summed E-state index contributed by atoms with van der Waals surface area (Å²) in [7, 11) is 1.31. The summed E-state index contributed by atoms with van der Waals surface area (Å²) < 4.78 is 4.66. The summed E-state index contributed by atoms with van der Waals surface area (Å²) in [6.45, 7) is 1.00. The van der Waals surface area contributed by atoms with E-state index >= 15 is 0 Å². The van der Waals surface area contributed by atoms with Crippen molar-refractivity contribution in [3.05, 3.63) is 70.2 Å². The molecule has 0 aromatic heterocycles. The van der Waals surface area contributed by atoms with Crippen LogP contribution >= 0.6 is 11.6 Å². The molecule has 0 unspecified atom stereocenters. The smallest absolute Gasteiger partial charge is 0.337 e. The molecular weight excluding hydrogens is 366 g/mol. The largest absolute Gasteiger partial charge is 0.465 e. The molecule has 1 aliphatic rings. The summed E-state index contributed by atoms with van der Waals surface area (Å²) in [5.74, 6) is -0.774. The highest BCUT2D eigenvalue weighted by molar-refractivity contribution is 6.30. The van der Waals surface area contributed by atoms with Crippen LogP contribution < -0.4 is 0 Å². The van der Waals surface area contributed by atoms with Gasteiger partial charge in [-0.1, -0.05) is 11.6 Å². The highest BCUT2D eigenvalue weighted by Crippen LogP contribution is 2.23. The molecule has 1 amide bonds. The fourth-order valence-corrected chi connectivity index (χ4v) is 3.40. The summed E-state index contributed by atoms with van der Waals surface area (Å²) in [6, 6.07) is 13.2. The second-order valence-corrected chi connectivity index (χ2v) is 6.97. The van der Waals surface area contributed by atoms with Crippen molar-refractivity contribution >= 4 is 29.3 Å². The molecule has 0 spiro atoms. The molecule has 5 nitrogen and oxygen atoms in total. The van der Waals surface area contributed by atoms with Gasteiger partial charge in [0.15, 0.2) is 5.78 Å². The predicted octanol–water partition coefficient (Wildman–Crippen LogP) is 3.86. The molecule has 0 saturated carbocycles. The molecule has 0 radical (unpaired) electrons. The average Bonchev–Trinajstić information content (AvgIpc) is 2.73. The van der Waals surface area contributed by atoms with E-state index in [1.165, 1.54) is 7.11 Å². The fraction of sp³-hybridized carbons (Fsp3) is 0.286. The van der Waals surface area contributed by atoms with Gasteiger partial charge in [-0.25, -0.2) is 4.79 Å². The first-order valence-corrected chi connectivity index (χ1v) is 9.15. The van der Waals surface area contributed by atoms with Crippen molar-refractivity contribution in [1.82, 2.24) is 4.90 Å². The average molecular weight is 386 g/mol. The molecule has 27 heavy (non-hydrogen) atoms. The molecule has 3 rings (SSSR count). The number of halogens is 1. The molecule has 0 bridgehead atoms. The lowest BCUT2D eigenvalue weighted by atomic mass is 9.89. The summed E-state index contributed by atoms with van der Waals surface area (Å²) >= 11 is 5.88. The monoisotopic (exact) mass is 385 g/mol. The van der Waals surface area contributed by atoms with Gasteiger partial charge in [-0.15, -0.1) is 0 Å². The van der Waals surface area contributed by atoms with Crippen LogP contribution in [0.2, 0.25) is 5.02 Å². The zero-order chi connectivity index (χ0) is 19.4. The molecule has 1 fully saturated rings. The molecule has 2 aromatic carbocycles. The first kappa shape index (κ1) is 19.1. The van der Waals surface area contributed by atoms with Crippen LogP contribution in [0.25, 0.3) is 0 Å². The van der Waals surface area contributed by atoms with Gasteiger partial charge in [0.25, 0.3) is 5.91 Å². The number of hydrogen-bond acceptors (Lipinski definition) is 4. The lowest BCUT2D eigenvalue weighted by Gasteiger charge is -2.32. The molecule has 1 saturated heterocycles. The lowest BCUT2D eigenvalue weighted by molar-refractivity contribution is 0.0595. The number of carbonyl (C=O) groups is 3. The Morgan fingerprint density at radius 3 is 2.19 bits per heavy atom. The van der Waals surface area contributed by atoms with Gasteiger partial charge in [-0.2, -0.15) is 0 Å². The predicted molar refractivity (Wildman–Crippen MR) is 102 cm³/mol. The number of methoxy groups -OCH3 is 1. The standard InChI is InChI=1S/C21H20ClNO4/c1-27-21(26)16-6-4-15(5-7-16)20(25)23-12-2-3-17(13-23)19(24)14-8-10-18(22)11-9-14/h4-11,17H,2-3,12-13H2,1H3/t17-/m0/s1. The first-order chi connectivity index (χ1) is 13.0. The number of ketones is 1. The number of Topliss-reactive ketones (excluding diaryl/α,β-unsaturated/α-hetero) is 1. The van der Waals surface area contributed by atoms with Gasteiger partial charge >= 0.3 is 5.97 Å². The Kier molecular flexibility index (Phi) is 5.91. The Morgan fingerprint density at radius 2 is 1.56 bits per heavy atom. The number of nitrogens with zero attached hydrogens (tertiary/aromatic N) is 1. The van der Waals surface area contributed by atoms with Crippen molar-refractivity contribution < 1.29 is 19.1 Å². The molecule has 6 heteroatoms. The maximum atomic E-state index is 12.8. The first-order valence-electron chi connectivity index (χ1n) is 8.77. The van der Waals surface area contributed by atoms with Crippen LogP contribution in [0.15, 0.2) is 48.5 Å². The Hall–Kier alpha value is -2.66. The number of carbonyl (C=O) groups excluding carboxylic acids is 3. The van der Waals surface area contributed by atoms with E-state index in [4.69, 9.17) is 11.6 Å². The van der Waals surface area contributed by atoms with Crippen LogP contribution in [-0.4, -0.2) is 42.8 Å². The van der Waals surface area contributed by atoms with Crippen LogP contribution in [0.4, 0.5) is 0 Å². The Balaban J connectivity index is 1.70. The third-order valence-electron chi connectivity index (χ3n) is 4.76. The Labute approximate surface area is 162 Å². The Morgan fingerprint density at radius 1 is 0.963 bits per heavy atom. The van der Waals surface area contributed by atoms with Crippen molar-refractivity contribution in [2.75, 3.05) is 20.2 Å². The Bertz CT molecular complexity index is 845. The minimum atomic E-state index is -0.444. The van der Waals surface area contributed by atoms with Gasteiger partial charge in [0.05, 0.1) is 12.7 Å². The number of amides is 1. The normalized spacial score (nSPS) is 16.7. The number of esters is 1. The van der Waals surface area contributed by atoms with Crippen LogP contribution in [0.3, 0.4) is 0 Å². The zero-order valence-corrected chi connectivity index (χ0v) is 15.7. The van der Waals surface area contributed by atoms with Gasteiger partial charge in [-0.3, -0.25) is 9.59 Å². The van der Waals surface area contributed by atoms with Crippen LogP contribution in [0, 0.1) is 5.92 Å². The van der Waals surface area contributed by atoms with E-state index < -0.39 is 5.97 Å². The van der Waals surface area contributed by atoms with Gasteiger partial charge in [0.2, 0.25) is 0 Å². The van der Waals surface area contributed by atoms with Crippen molar-refractivity contribution in [2.24, 2.45) is 5.92 Å². The number of hydrogen-bond donors (Lipinski definition) is 0. The minimum absolute atomic E-state index is 0.0326. The van der Waals surface area contributed by atoms with Crippen LogP contribution in [-0.2, 0) is 4.74 Å². The van der Waals surface area contributed by atoms with E-state index in [1.807, 2.05) is 0 Å². The molecule has 0 aliphatic carbocycles. The lowest BCUT2D eigenvalue weighted by Crippen LogP contribution is -2.42. The highest BCUT2D eigenvalue weighted by Gasteiger charge is 2.29. The number of likely N-dealkylation sites (tertiary alicyclic amines) is 1.